The molecule has 43 heavy (non-hydrogen) atoms. The number of alkyl halides is 3. The van der Waals surface area contributed by atoms with Gasteiger partial charge >= 0.3 is 12.3 Å². The number of allylic oxidation sites excluding steroid dienone is 1. The lowest BCUT2D eigenvalue weighted by Gasteiger charge is -2.42. The lowest BCUT2D eigenvalue weighted by Crippen LogP contribution is -2.46. The number of aliphatic imine (C=N–C) groups is 1. The van der Waals surface area contributed by atoms with Gasteiger partial charge in [0.1, 0.15) is 23.0 Å². The molecule has 2 aromatic rings. The van der Waals surface area contributed by atoms with Gasteiger partial charge in [-0.2, -0.15) is 0 Å². The number of hydrogen-bond acceptors (Lipinski definition) is 9. The first kappa shape index (κ1) is 28.0. The lowest BCUT2D eigenvalue weighted by molar-refractivity contribution is -0.274. The summed E-state index contributed by atoms with van der Waals surface area (Å²) in [6, 6.07) is 6.17. The molecule has 1 aromatic carbocycles. The fourth-order valence-electron chi connectivity index (χ4n) is 6.84. The first-order valence-electron chi connectivity index (χ1n) is 14.9. The van der Waals surface area contributed by atoms with Crippen LogP contribution in [0, 0.1) is 0 Å². The van der Waals surface area contributed by atoms with Crippen molar-refractivity contribution in [1.82, 2.24) is 15.0 Å². The van der Waals surface area contributed by atoms with E-state index in [4.69, 9.17) is 14.0 Å². The van der Waals surface area contributed by atoms with Crippen molar-refractivity contribution in [2.75, 3.05) is 13.2 Å². The molecule has 12 heteroatoms. The molecule has 0 amide bonds. The summed E-state index contributed by atoms with van der Waals surface area (Å²) in [5, 5.41) is 4.20. The summed E-state index contributed by atoms with van der Waals surface area (Å²) in [6.07, 6.45) is 6.87. The second kappa shape index (κ2) is 11.0. The van der Waals surface area contributed by atoms with E-state index in [1.54, 1.807) is 19.1 Å². The molecule has 5 heterocycles. The van der Waals surface area contributed by atoms with Crippen LogP contribution < -0.4 is 4.74 Å². The Labute approximate surface area is 246 Å². The number of esters is 1. The van der Waals surface area contributed by atoms with Crippen molar-refractivity contribution in [3.8, 4) is 17.0 Å². The second-order valence-electron chi connectivity index (χ2n) is 11.6. The van der Waals surface area contributed by atoms with Crippen molar-refractivity contribution < 1.29 is 36.7 Å². The number of aromatic nitrogens is 1. The van der Waals surface area contributed by atoms with Crippen molar-refractivity contribution >= 4 is 11.8 Å². The zero-order valence-corrected chi connectivity index (χ0v) is 23.8. The fourth-order valence-corrected chi connectivity index (χ4v) is 6.84. The highest BCUT2D eigenvalue weighted by atomic mass is 19.4. The van der Waals surface area contributed by atoms with Gasteiger partial charge in [-0.15, -0.1) is 13.2 Å². The minimum absolute atomic E-state index is 0.00749. The normalized spacial score (nSPS) is 26.3. The lowest BCUT2D eigenvalue weighted by atomic mass is 9.97. The van der Waals surface area contributed by atoms with Gasteiger partial charge in [-0.3, -0.25) is 4.99 Å². The molecule has 2 bridgehead atoms. The van der Waals surface area contributed by atoms with Gasteiger partial charge in [0.15, 0.2) is 6.04 Å². The Balaban J connectivity index is 1.05. The van der Waals surface area contributed by atoms with Crippen LogP contribution in [0.5, 0.6) is 5.75 Å². The number of fused-ring (bicyclic) bond motifs is 3. The standard InChI is InChI=1S/C31H33F3N4O5/c1-2-40-30(39)25-16-35-27-15-21(11-12-37(25)27)38-19-9-10-20(38)14-22(13-19)41-17-24-28(36-43-29(24)18-7-8-18)23-5-3-4-6-26(23)42-31(32,33)34/h3-6,11-12,15,18-20,22,25H,2,7-10,13-14,16-17H2,1H3. The maximum atomic E-state index is 13.1. The van der Waals surface area contributed by atoms with Gasteiger partial charge < -0.3 is 28.5 Å². The molecule has 3 fully saturated rings. The summed E-state index contributed by atoms with van der Waals surface area (Å²) in [5.74, 6) is 1.09. The molecule has 1 aliphatic carbocycles. The maximum absolute atomic E-state index is 13.1. The number of halogens is 3. The number of carbonyl (C=O) groups is 1. The number of benzene rings is 1. The number of carbonyl (C=O) groups excluding carboxylic acids is 1. The predicted molar refractivity (Wildman–Crippen MR) is 149 cm³/mol. The van der Waals surface area contributed by atoms with Crippen LogP contribution in [-0.2, 0) is 20.9 Å². The zero-order valence-electron chi connectivity index (χ0n) is 23.8. The van der Waals surface area contributed by atoms with Crippen LogP contribution in [-0.4, -0.2) is 70.5 Å². The Kier molecular flexibility index (Phi) is 7.19. The molecule has 5 aliphatic rings. The highest BCUT2D eigenvalue weighted by Crippen LogP contribution is 2.46. The van der Waals surface area contributed by atoms with E-state index in [2.05, 4.69) is 31.9 Å². The molecule has 4 aliphatic heterocycles. The molecule has 0 N–H and O–H groups in total. The van der Waals surface area contributed by atoms with Crippen LogP contribution in [0.25, 0.3) is 11.3 Å². The molecule has 3 unspecified atom stereocenters. The third kappa shape index (κ3) is 5.52. The van der Waals surface area contributed by atoms with Gasteiger partial charge in [0.2, 0.25) is 0 Å². The van der Waals surface area contributed by atoms with Crippen LogP contribution in [0.4, 0.5) is 13.2 Å². The van der Waals surface area contributed by atoms with Crippen LogP contribution in [0.15, 0.2) is 57.8 Å². The van der Waals surface area contributed by atoms with E-state index >= 15 is 0 Å². The van der Waals surface area contributed by atoms with Crippen LogP contribution in [0.1, 0.15) is 62.7 Å². The first-order valence-corrected chi connectivity index (χ1v) is 14.9. The van der Waals surface area contributed by atoms with Gasteiger partial charge in [0.05, 0.1) is 25.9 Å². The molecule has 0 radical (unpaired) electrons. The molecule has 228 valence electrons. The van der Waals surface area contributed by atoms with Crippen molar-refractivity contribution in [2.24, 2.45) is 4.99 Å². The summed E-state index contributed by atoms with van der Waals surface area (Å²) < 4.78 is 61.1. The van der Waals surface area contributed by atoms with E-state index in [9.17, 15) is 18.0 Å². The topological polar surface area (TPSA) is 89.6 Å². The third-order valence-corrected chi connectivity index (χ3v) is 8.85. The molecular formula is C31H33F3N4O5. The Morgan fingerprint density at radius 3 is 2.60 bits per heavy atom. The SMILES string of the molecule is CCOC(=O)C1CN=C2C=C(N3C4CCC3CC(OCc3c(-c5ccccc5OC(F)(F)F)noc3C3CC3)C4)C=CN21. The minimum Gasteiger partial charge on any atom is -0.464 e. The first-order chi connectivity index (χ1) is 20.8. The van der Waals surface area contributed by atoms with E-state index in [1.165, 1.54) is 12.1 Å². The number of amidine groups is 1. The summed E-state index contributed by atoms with van der Waals surface area (Å²) in [7, 11) is 0. The highest BCUT2D eigenvalue weighted by molar-refractivity contribution is 6.00. The smallest absolute Gasteiger partial charge is 0.464 e. The van der Waals surface area contributed by atoms with E-state index < -0.39 is 12.4 Å². The minimum atomic E-state index is -4.82. The zero-order chi connectivity index (χ0) is 29.7. The van der Waals surface area contributed by atoms with E-state index in [0.717, 1.165) is 50.1 Å². The number of ether oxygens (including phenoxy) is 3. The largest absolute Gasteiger partial charge is 0.573 e. The summed E-state index contributed by atoms with van der Waals surface area (Å²) >= 11 is 0. The molecule has 9 nitrogen and oxygen atoms in total. The van der Waals surface area contributed by atoms with Gasteiger partial charge in [-0.05, 0) is 63.7 Å². The Hall–Kier alpha value is -3.80. The number of nitrogens with zero attached hydrogens (tertiary/aromatic N) is 4. The van der Waals surface area contributed by atoms with Crippen molar-refractivity contribution in [2.45, 2.75) is 88.6 Å². The van der Waals surface area contributed by atoms with Gasteiger partial charge in [-0.25, -0.2) is 4.79 Å². The molecule has 1 saturated carbocycles. The number of hydrogen-bond donors (Lipinski definition) is 0. The molecule has 0 spiro atoms. The average Bonchev–Trinajstić information content (AvgIpc) is 3.49. The molecular weight excluding hydrogens is 565 g/mol. The van der Waals surface area contributed by atoms with Crippen LogP contribution in [0.3, 0.4) is 0 Å². The van der Waals surface area contributed by atoms with Gasteiger partial charge in [0.25, 0.3) is 0 Å². The highest BCUT2D eigenvalue weighted by Gasteiger charge is 2.44. The van der Waals surface area contributed by atoms with Crippen molar-refractivity contribution in [3.05, 3.63) is 59.6 Å². The van der Waals surface area contributed by atoms with E-state index in [-0.39, 0.29) is 35.9 Å². The molecule has 3 atom stereocenters. The predicted octanol–water partition coefficient (Wildman–Crippen LogP) is 5.69. The molecule has 7 rings (SSSR count). The van der Waals surface area contributed by atoms with Crippen LogP contribution in [0.2, 0.25) is 0 Å². The summed E-state index contributed by atoms with van der Waals surface area (Å²) in [6.45, 7) is 2.72. The summed E-state index contributed by atoms with van der Waals surface area (Å²) in [4.78, 5) is 21.3. The molecule has 1 aromatic heterocycles. The molecule has 2 saturated heterocycles. The second-order valence-corrected chi connectivity index (χ2v) is 11.6. The van der Waals surface area contributed by atoms with Crippen molar-refractivity contribution in [1.29, 1.82) is 0 Å². The third-order valence-electron chi connectivity index (χ3n) is 8.85. The number of piperidine rings is 1. The van der Waals surface area contributed by atoms with Crippen molar-refractivity contribution in [3.63, 3.8) is 0 Å². The quantitative estimate of drug-likeness (QED) is 0.341. The number of para-hydroxylation sites is 1. The Morgan fingerprint density at radius 1 is 1.12 bits per heavy atom. The Morgan fingerprint density at radius 2 is 1.88 bits per heavy atom. The Bertz CT molecular complexity index is 1470. The monoisotopic (exact) mass is 598 g/mol. The average molecular weight is 599 g/mol. The van der Waals surface area contributed by atoms with Crippen LogP contribution >= 0.6 is 0 Å². The van der Waals surface area contributed by atoms with Gasteiger partial charge in [-0.1, -0.05) is 17.3 Å². The van der Waals surface area contributed by atoms with E-state index in [0.29, 0.717) is 42.3 Å². The maximum Gasteiger partial charge on any atom is 0.573 e. The fraction of sp³-hybridized carbons (Fsp3) is 0.516. The van der Waals surface area contributed by atoms with Gasteiger partial charge in [0, 0.05) is 47.1 Å². The number of rotatable bonds is 9. The van der Waals surface area contributed by atoms with E-state index in [1.807, 2.05) is 11.1 Å². The summed E-state index contributed by atoms with van der Waals surface area (Å²) in [5.41, 5.74) is 2.35.